The van der Waals surface area contributed by atoms with Crippen LogP contribution in [-0.4, -0.2) is 27.1 Å². The number of carbonyl (C=O) groups is 2. The van der Waals surface area contributed by atoms with E-state index in [0.29, 0.717) is 16.5 Å². The molecule has 2 N–H and O–H groups in total. The molecule has 2 aromatic rings. The predicted molar refractivity (Wildman–Crippen MR) is 70.9 cm³/mol. The number of hydrogen-bond donors (Lipinski definition) is 2. The van der Waals surface area contributed by atoms with Gasteiger partial charge in [0, 0.05) is 12.3 Å². The lowest BCUT2D eigenvalue weighted by atomic mass is 10.3. The average molecular weight is 299 g/mol. The number of anilines is 1. The number of ether oxygens (including phenoxy) is 1. The third-order valence-corrected chi connectivity index (χ3v) is 3.78. The van der Waals surface area contributed by atoms with Gasteiger partial charge in [0.05, 0.1) is 16.3 Å². The largest absolute Gasteiger partial charge is 0.513 e. The van der Waals surface area contributed by atoms with Crippen LogP contribution in [0.25, 0.3) is 10.6 Å². The van der Waals surface area contributed by atoms with Gasteiger partial charge in [-0.25, -0.2) is 14.8 Å². The van der Waals surface area contributed by atoms with Gasteiger partial charge in [0.2, 0.25) is 5.91 Å². The smallest absolute Gasteiger partial charge is 0.449 e. The van der Waals surface area contributed by atoms with Crippen molar-refractivity contribution >= 4 is 39.9 Å². The number of carbonyl (C=O) groups excluding carboxylic acids is 1. The lowest BCUT2D eigenvalue weighted by molar-refractivity contribution is -0.114. The van der Waals surface area contributed by atoms with E-state index in [2.05, 4.69) is 20.0 Å². The molecular formula is C10H9N3O4S2. The molecule has 0 aliphatic rings. The molecule has 0 fully saturated rings. The highest BCUT2D eigenvalue weighted by atomic mass is 32.1. The molecule has 1 amide bonds. The summed E-state index contributed by atoms with van der Waals surface area (Å²) in [5.41, 5.74) is 1.29. The molecule has 0 saturated heterocycles. The molecule has 2 rings (SSSR count). The molecule has 7 nitrogen and oxygen atoms in total. The fraction of sp³-hybridized carbons (Fsp3) is 0.200. The monoisotopic (exact) mass is 299 g/mol. The van der Waals surface area contributed by atoms with Gasteiger partial charge >= 0.3 is 6.16 Å². The Morgan fingerprint density at radius 3 is 2.79 bits per heavy atom. The molecule has 0 aliphatic carbocycles. The first kappa shape index (κ1) is 13.4. The molecule has 0 spiro atoms. The molecule has 0 atom stereocenters. The third kappa shape index (κ3) is 3.26. The first-order chi connectivity index (χ1) is 8.95. The molecular weight excluding hydrogens is 290 g/mol. The van der Waals surface area contributed by atoms with Crippen LogP contribution in [0.5, 0.6) is 5.19 Å². The van der Waals surface area contributed by atoms with E-state index in [1.54, 1.807) is 12.3 Å². The predicted octanol–water partition coefficient (Wildman–Crippen LogP) is 2.59. The van der Waals surface area contributed by atoms with Gasteiger partial charge in [-0.1, -0.05) is 22.7 Å². The molecule has 0 saturated carbocycles. The zero-order valence-electron chi connectivity index (χ0n) is 9.96. The minimum atomic E-state index is -1.40. The van der Waals surface area contributed by atoms with Crippen LogP contribution in [0.1, 0.15) is 12.6 Å². The van der Waals surface area contributed by atoms with E-state index in [1.807, 2.05) is 0 Å². The van der Waals surface area contributed by atoms with Crippen LogP contribution in [0.15, 0.2) is 5.38 Å². The van der Waals surface area contributed by atoms with Gasteiger partial charge in [0.25, 0.3) is 5.19 Å². The molecule has 100 valence electrons. The van der Waals surface area contributed by atoms with Gasteiger partial charge in [-0.2, -0.15) is 0 Å². The quantitative estimate of drug-likeness (QED) is 0.845. The number of aryl methyl sites for hydroxylation is 1. The third-order valence-electron chi connectivity index (χ3n) is 1.97. The average Bonchev–Trinajstić information content (AvgIpc) is 2.83. The Labute approximate surface area is 115 Å². The van der Waals surface area contributed by atoms with Crippen LogP contribution in [0.3, 0.4) is 0 Å². The minimum absolute atomic E-state index is 0.0522. The van der Waals surface area contributed by atoms with Gasteiger partial charge in [0.15, 0.2) is 5.13 Å². The molecule has 2 aromatic heterocycles. The van der Waals surface area contributed by atoms with E-state index in [-0.39, 0.29) is 11.1 Å². The second-order valence-corrected chi connectivity index (χ2v) is 5.30. The van der Waals surface area contributed by atoms with Crippen molar-refractivity contribution in [3.63, 3.8) is 0 Å². The van der Waals surface area contributed by atoms with Crippen LogP contribution in [-0.2, 0) is 4.79 Å². The van der Waals surface area contributed by atoms with E-state index in [9.17, 15) is 9.59 Å². The molecule has 2 heterocycles. The van der Waals surface area contributed by atoms with Gasteiger partial charge in [-0.15, -0.1) is 0 Å². The van der Waals surface area contributed by atoms with E-state index < -0.39 is 6.16 Å². The van der Waals surface area contributed by atoms with Gasteiger partial charge in [-0.3, -0.25) is 4.79 Å². The van der Waals surface area contributed by atoms with E-state index in [1.165, 1.54) is 18.3 Å². The molecule has 0 bridgehead atoms. The van der Waals surface area contributed by atoms with Crippen LogP contribution < -0.4 is 10.1 Å². The normalized spacial score (nSPS) is 10.2. The standard InChI is InChI=1S/C10H9N3O4S2/c1-4-7(19-8(11-4)12-5(2)14)6-3-18-9(13-6)17-10(15)16/h3H,1-2H3,(H,15,16)(H,11,12,14). The molecule has 0 unspecified atom stereocenters. The summed E-state index contributed by atoms with van der Waals surface area (Å²) >= 11 is 2.35. The summed E-state index contributed by atoms with van der Waals surface area (Å²) in [6, 6.07) is 0. The SMILES string of the molecule is CC(=O)Nc1nc(C)c(-c2csc(OC(=O)O)n2)s1. The summed E-state index contributed by atoms with van der Waals surface area (Å²) in [5, 5.41) is 13.3. The highest BCUT2D eigenvalue weighted by Gasteiger charge is 2.15. The number of thiazole rings is 2. The Morgan fingerprint density at radius 2 is 2.16 bits per heavy atom. The van der Waals surface area contributed by atoms with Crippen molar-refractivity contribution in [1.29, 1.82) is 0 Å². The molecule has 0 aromatic carbocycles. The van der Waals surface area contributed by atoms with Crippen LogP contribution in [0, 0.1) is 6.92 Å². The van der Waals surface area contributed by atoms with Crippen molar-refractivity contribution in [2.45, 2.75) is 13.8 Å². The highest BCUT2D eigenvalue weighted by Crippen LogP contribution is 2.35. The number of nitrogens with one attached hydrogen (secondary N) is 1. The minimum Gasteiger partial charge on any atom is -0.449 e. The lowest BCUT2D eigenvalue weighted by Crippen LogP contribution is -2.04. The fourth-order valence-corrected chi connectivity index (χ4v) is 3.02. The van der Waals surface area contributed by atoms with Crippen molar-refractivity contribution in [3.8, 4) is 15.8 Å². The summed E-state index contributed by atoms with van der Waals surface area (Å²) in [6.07, 6.45) is -1.40. The highest BCUT2D eigenvalue weighted by molar-refractivity contribution is 7.19. The Hall–Kier alpha value is -2.00. The van der Waals surface area contributed by atoms with Crippen molar-refractivity contribution in [2.24, 2.45) is 0 Å². The summed E-state index contributed by atoms with van der Waals surface area (Å²) in [4.78, 5) is 30.3. The second kappa shape index (κ2) is 5.33. The number of rotatable bonds is 3. The second-order valence-electron chi connectivity index (χ2n) is 3.48. The molecule has 0 aliphatic heterocycles. The van der Waals surface area contributed by atoms with E-state index in [4.69, 9.17) is 5.11 Å². The first-order valence-electron chi connectivity index (χ1n) is 5.07. The number of amides is 1. The number of carboxylic acid groups (broad SMARTS) is 1. The maximum atomic E-state index is 11.0. The Balaban J connectivity index is 2.26. The fourth-order valence-electron chi connectivity index (χ4n) is 1.32. The maximum Gasteiger partial charge on any atom is 0.513 e. The Bertz CT molecular complexity index is 635. The summed E-state index contributed by atoms with van der Waals surface area (Å²) in [5.74, 6) is -0.200. The van der Waals surface area contributed by atoms with E-state index >= 15 is 0 Å². The van der Waals surface area contributed by atoms with Gasteiger partial charge < -0.3 is 15.2 Å². The summed E-state index contributed by atoms with van der Waals surface area (Å²) in [7, 11) is 0. The van der Waals surface area contributed by atoms with Crippen molar-refractivity contribution in [1.82, 2.24) is 9.97 Å². The van der Waals surface area contributed by atoms with Crippen molar-refractivity contribution in [2.75, 3.05) is 5.32 Å². The first-order valence-corrected chi connectivity index (χ1v) is 6.77. The van der Waals surface area contributed by atoms with Crippen LogP contribution >= 0.6 is 22.7 Å². The topological polar surface area (TPSA) is 101 Å². The summed E-state index contributed by atoms with van der Waals surface area (Å²) < 4.78 is 4.47. The maximum absolute atomic E-state index is 11.0. The molecule has 9 heteroatoms. The zero-order valence-corrected chi connectivity index (χ0v) is 11.6. The van der Waals surface area contributed by atoms with Gasteiger partial charge in [-0.05, 0) is 6.92 Å². The zero-order chi connectivity index (χ0) is 14.0. The Kier molecular flexibility index (Phi) is 3.76. The number of hydrogen-bond acceptors (Lipinski definition) is 7. The lowest BCUT2D eigenvalue weighted by Gasteiger charge is -1.92. The Morgan fingerprint density at radius 1 is 1.42 bits per heavy atom. The number of nitrogens with zero attached hydrogens (tertiary/aromatic N) is 2. The van der Waals surface area contributed by atoms with E-state index in [0.717, 1.165) is 16.2 Å². The number of aromatic nitrogens is 2. The van der Waals surface area contributed by atoms with Crippen molar-refractivity contribution < 1.29 is 19.4 Å². The molecule has 0 radical (unpaired) electrons. The van der Waals surface area contributed by atoms with Crippen LogP contribution in [0.4, 0.5) is 9.93 Å². The van der Waals surface area contributed by atoms with Crippen molar-refractivity contribution in [3.05, 3.63) is 11.1 Å². The molecule has 19 heavy (non-hydrogen) atoms. The van der Waals surface area contributed by atoms with Gasteiger partial charge in [0.1, 0.15) is 0 Å². The van der Waals surface area contributed by atoms with Crippen LogP contribution in [0.2, 0.25) is 0 Å². The summed E-state index contributed by atoms with van der Waals surface area (Å²) in [6.45, 7) is 3.19.